The molecule has 5 heteroatoms. The van der Waals surface area contributed by atoms with Gasteiger partial charge in [-0.1, -0.05) is 57.6 Å². The summed E-state index contributed by atoms with van der Waals surface area (Å²) in [7, 11) is 1.53. The van der Waals surface area contributed by atoms with E-state index in [2.05, 4.69) is 13.0 Å². The van der Waals surface area contributed by atoms with E-state index in [1.807, 2.05) is 6.08 Å². The van der Waals surface area contributed by atoms with Gasteiger partial charge in [0.25, 0.3) is 0 Å². The number of allylic oxidation sites excluding steroid dienone is 1. The number of hydrogen-bond donors (Lipinski definition) is 0. The number of esters is 2. The monoisotopic (exact) mass is 342 g/mol. The molecule has 0 aromatic heterocycles. The van der Waals surface area contributed by atoms with E-state index in [1.165, 1.54) is 52.1 Å². The van der Waals surface area contributed by atoms with Gasteiger partial charge in [-0.3, -0.25) is 9.59 Å². The second kappa shape index (κ2) is 18.0. The van der Waals surface area contributed by atoms with E-state index < -0.39 is 5.97 Å². The highest BCUT2D eigenvalue weighted by atomic mass is 16.6. The zero-order valence-corrected chi connectivity index (χ0v) is 15.4. The summed E-state index contributed by atoms with van der Waals surface area (Å²) in [5, 5.41) is 0. The molecule has 0 radical (unpaired) electrons. The van der Waals surface area contributed by atoms with Crippen LogP contribution >= 0.6 is 0 Å². The van der Waals surface area contributed by atoms with E-state index in [-0.39, 0.29) is 32.0 Å². The van der Waals surface area contributed by atoms with Gasteiger partial charge >= 0.3 is 11.9 Å². The third-order valence-corrected chi connectivity index (χ3v) is 3.57. The van der Waals surface area contributed by atoms with Crippen LogP contribution in [0.3, 0.4) is 0 Å². The van der Waals surface area contributed by atoms with E-state index in [1.54, 1.807) is 0 Å². The number of ether oxygens (including phenoxy) is 3. The quantitative estimate of drug-likeness (QED) is 0.239. The molecule has 0 aliphatic heterocycles. The van der Waals surface area contributed by atoms with Gasteiger partial charge in [0.2, 0.25) is 0 Å². The Labute approximate surface area is 146 Å². The molecular weight excluding hydrogens is 308 g/mol. The fourth-order valence-corrected chi connectivity index (χ4v) is 2.13. The first-order valence-corrected chi connectivity index (χ1v) is 9.15. The van der Waals surface area contributed by atoms with Crippen LogP contribution in [-0.2, 0) is 23.8 Å². The van der Waals surface area contributed by atoms with E-state index in [9.17, 15) is 9.59 Å². The third-order valence-electron chi connectivity index (χ3n) is 3.57. The molecule has 0 aromatic carbocycles. The van der Waals surface area contributed by atoms with Crippen LogP contribution in [0, 0.1) is 0 Å². The highest BCUT2D eigenvalue weighted by molar-refractivity contribution is 5.77. The maximum atomic E-state index is 11.4. The van der Waals surface area contributed by atoms with E-state index in [4.69, 9.17) is 14.2 Å². The lowest BCUT2D eigenvalue weighted by molar-refractivity contribution is -0.150. The molecule has 0 saturated carbocycles. The molecule has 0 aromatic rings. The van der Waals surface area contributed by atoms with E-state index in [0.29, 0.717) is 6.61 Å². The number of carbonyl (C=O) groups excluding carboxylic acids is 2. The molecule has 0 unspecified atom stereocenters. The first kappa shape index (κ1) is 22.6. The van der Waals surface area contributed by atoms with Gasteiger partial charge in [-0.15, -0.1) is 0 Å². The van der Waals surface area contributed by atoms with Crippen LogP contribution in [0.15, 0.2) is 12.2 Å². The van der Waals surface area contributed by atoms with Gasteiger partial charge in [-0.05, 0) is 12.8 Å². The lowest BCUT2D eigenvalue weighted by atomic mass is 10.1. The average molecular weight is 342 g/mol. The molecule has 0 aliphatic rings. The predicted octanol–water partition coefficient (Wildman–Crippen LogP) is 4.20. The molecular formula is C19H34O5. The highest BCUT2D eigenvalue weighted by Crippen LogP contribution is 2.08. The molecule has 0 aliphatic carbocycles. The second-order valence-corrected chi connectivity index (χ2v) is 5.78. The molecule has 0 spiro atoms. The maximum Gasteiger partial charge on any atom is 0.306 e. The van der Waals surface area contributed by atoms with Crippen LogP contribution in [0.2, 0.25) is 0 Å². The molecule has 0 atom stereocenters. The highest BCUT2D eigenvalue weighted by Gasteiger charge is 2.08. The van der Waals surface area contributed by atoms with Crippen molar-refractivity contribution in [2.75, 3.05) is 26.9 Å². The minimum atomic E-state index is -0.404. The molecule has 24 heavy (non-hydrogen) atoms. The number of methoxy groups -OCH3 is 1. The summed E-state index contributed by atoms with van der Waals surface area (Å²) < 4.78 is 14.7. The topological polar surface area (TPSA) is 61.8 Å². The van der Waals surface area contributed by atoms with Gasteiger partial charge in [-0.25, -0.2) is 0 Å². The lowest BCUT2D eigenvalue weighted by Crippen LogP contribution is -2.12. The molecule has 140 valence electrons. The summed E-state index contributed by atoms with van der Waals surface area (Å²) in [5.74, 6) is -0.780. The summed E-state index contributed by atoms with van der Waals surface area (Å²) in [6, 6.07) is 0. The van der Waals surface area contributed by atoms with Crippen molar-refractivity contribution in [1.82, 2.24) is 0 Å². The summed E-state index contributed by atoms with van der Waals surface area (Å²) in [6.45, 7) is 3.08. The lowest BCUT2D eigenvalue weighted by Gasteiger charge is -2.04. The zero-order chi connectivity index (χ0) is 17.9. The van der Waals surface area contributed by atoms with Crippen LogP contribution in [0.1, 0.15) is 71.1 Å². The minimum absolute atomic E-state index is 0.0459. The number of carbonyl (C=O) groups is 2. The van der Waals surface area contributed by atoms with Gasteiger partial charge in [0.15, 0.2) is 0 Å². The summed E-state index contributed by atoms with van der Waals surface area (Å²) in [5.41, 5.74) is 0. The summed E-state index contributed by atoms with van der Waals surface area (Å²) in [4.78, 5) is 22.7. The summed E-state index contributed by atoms with van der Waals surface area (Å²) >= 11 is 0. The van der Waals surface area contributed by atoms with Crippen LogP contribution in [0.25, 0.3) is 0 Å². The SMILES string of the molecule is CCCCCCCCC/C=C/COC(=O)CCC(=O)OCCOC. The molecule has 0 rings (SSSR count). The van der Waals surface area contributed by atoms with Crippen LogP contribution in [0.4, 0.5) is 0 Å². The van der Waals surface area contributed by atoms with Crippen molar-refractivity contribution >= 4 is 11.9 Å². The average Bonchev–Trinajstić information content (AvgIpc) is 2.58. The molecule has 0 heterocycles. The van der Waals surface area contributed by atoms with Crippen LogP contribution in [0.5, 0.6) is 0 Å². The Hall–Kier alpha value is -1.36. The van der Waals surface area contributed by atoms with Crippen molar-refractivity contribution in [2.45, 2.75) is 71.1 Å². The first-order chi connectivity index (χ1) is 11.7. The number of rotatable bonds is 16. The molecule has 5 nitrogen and oxygen atoms in total. The van der Waals surface area contributed by atoms with E-state index >= 15 is 0 Å². The van der Waals surface area contributed by atoms with Crippen molar-refractivity contribution in [3.05, 3.63) is 12.2 Å². The standard InChI is InChI=1S/C19H34O5/c1-3-4-5-6-7-8-9-10-11-12-15-23-18(20)13-14-19(21)24-17-16-22-2/h11-12H,3-10,13-17H2,1-2H3/b12-11+. The smallest absolute Gasteiger partial charge is 0.306 e. The van der Waals surface area contributed by atoms with Crippen molar-refractivity contribution in [3.8, 4) is 0 Å². The minimum Gasteiger partial charge on any atom is -0.463 e. The molecule has 0 fully saturated rings. The Bertz CT molecular complexity index is 339. The molecule has 0 saturated heterocycles. The Balaban J connectivity index is 3.39. The maximum absolute atomic E-state index is 11.4. The second-order valence-electron chi connectivity index (χ2n) is 5.78. The Morgan fingerprint density at radius 1 is 0.792 bits per heavy atom. The van der Waals surface area contributed by atoms with Crippen molar-refractivity contribution in [2.24, 2.45) is 0 Å². The first-order valence-electron chi connectivity index (χ1n) is 9.15. The predicted molar refractivity (Wildman–Crippen MR) is 94.8 cm³/mol. The van der Waals surface area contributed by atoms with Crippen LogP contribution in [-0.4, -0.2) is 38.9 Å². The molecule has 0 amide bonds. The van der Waals surface area contributed by atoms with Gasteiger partial charge in [-0.2, -0.15) is 0 Å². The van der Waals surface area contributed by atoms with Crippen molar-refractivity contribution in [3.63, 3.8) is 0 Å². The molecule has 0 bridgehead atoms. The van der Waals surface area contributed by atoms with Gasteiger partial charge in [0.1, 0.15) is 13.2 Å². The Kier molecular flexibility index (Phi) is 17.0. The van der Waals surface area contributed by atoms with Crippen LogP contribution < -0.4 is 0 Å². The summed E-state index contributed by atoms with van der Waals surface area (Å²) in [6.07, 6.45) is 14.1. The fourth-order valence-electron chi connectivity index (χ4n) is 2.13. The molecule has 0 N–H and O–H groups in total. The van der Waals surface area contributed by atoms with Crippen molar-refractivity contribution < 1.29 is 23.8 Å². The third kappa shape index (κ3) is 17.0. The fraction of sp³-hybridized carbons (Fsp3) is 0.789. The Morgan fingerprint density at radius 3 is 2.08 bits per heavy atom. The Morgan fingerprint density at radius 2 is 1.42 bits per heavy atom. The van der Waals surface area contributed by atoms with Gasteiger partial charge in [0, 0.05) is 7.11 Å². The largest absolute Gasteiger partial charge is 0.463 e. The van der Waals surface area contributed by atoms with Gasteiger partial charge in [0.05, 0.1) is 19.4 Å². The number of hydrogen-bond acceptors (Lipinski definition) is 5. The zero-order valence-electron chi connectivity index (χ0n) is 15.4. The number of unbranched alkanes of at least 4 members (excludes halogenated alkanes) is 7. The van der Waals surface area contributed by atoms with Gasteiger partial charge < -0.3 is 14.2 Å². The van der Waals surface area contributed by atoms with Crippen molar-refractivity contribution in [1.29, 1.82) is 0 Å². The van der Waals surface area contributed by atoms with E-state index in [0.717, 1.165) is 6.42 Å². The normalized spacial score (nSPS) is 10.9.